The smallest absolute Gasteiger partial charge is 0.259 e. The Hall–Kier alpha value is -2.19. The van der Waals surface area contributed by atoms with Crippen molar-refractivity contribution in [1.82, 2.24) is 9.13 Å². The Morgan fingerprint density at radius 3 is 2.77 bits per heavy atom. The van der Waals surface area contributed by atoms with Gasteiger partial charge in [-0.3, -0.25) is 9.36 Å². The van der Waals surface area contributed by atoms with Crippen molar-refractivity contribution < 1.29 is 19.9 Å². The Bertz CT molecular complexity index is 900. The number of nitrogens with one attached hydrogen (secondary N) is 1. The van der Waals surface area contributed by atoms with Crippen LogP contribution >= 0.6 is 12.2 Å². The second-order valence-electron chi connectivity index (χ2n) is 5.32. The zero-order chi connectivity index (χ0) is 16.2. The van der Waals surface area contributed by atoms with E-state index in [4.69, 9.17) is 17.0 Å². The molecular formula is C14H15N3O4S. The maximum absolute atomic E-state index is 12.5. The molecule has 0 saturated carbocycles. The van der Waals surface area contributed by atoms with Crippen LogP contribution in [0, 0.1) is 11.7 Å². The van der Waals surface area contributed by atoms with Crippen LogP contribution in [0.15, 0.2) is 11.0 Å². The molecule has 22 heavy (non-hydrogen) atoms. The summed E-state index contributed by atoms with van der Waals surface area (Å²) in [6, 6.07) is 0. The number of ether oxygens (including phenoxy) is 1. The van der Waals surface area contributed by atoms with Crippen molar-refractivity contribution in [1.29, 1.82) is 0 Å². The Morgan fingerprint density at radius 2 is 2.09 bits per heavy atom. The van der Waals surface area contributed by atoms with E-state index in [1.54, 1.807) is 13.1 Å². The van der Waals surface area contributed by atoms with Crippen LogP contribution in [0.25, 0.3) is 0 Å². The van der Waals surface area contributed by atoms with E-state index >= 15 is 0 Å². The average molecular weight is 321 g/mol. The predicted octanol–water partition coefficient (Wildman–Crippen LogP) is -0.0254. The molecule has 0 radical (unpaired) electrons. The number of aromatic amines is 1. The van der Waals surface area contributed by atoms with Gasteiger partial charge in [0.2, 0.25) is 5.69 Å². The number of fused-ring (bicyclic) bond motifs is 1. The molecule has 3 rings (SSSR count). The lowest BCUT2D eigenvalue weighted by Crippen LogP contribution is -2.30. The summed E-state index contributed by atoms with van der Waals surface area (Å²) in [7, 11) is 3.01. The standard InChI is InChI=1S/C14H15N3O4S/c1-6-10(18)8-7(4-15-6)5-21-11(8)9-12(19)16(2)14(22)17(3)13(9)20/h4,11,18-19H,5H2,1-3H3. The first-order chi connectivity index (χ1) is 10.3. The fourth-order valence-corrected chi connectivity index (χ4v) is 2.83. The average Bonchev–Trinajstić information content (AvgIpc) is 2.92. The van der Waals surface area contributed by atoms with Gasteiger partial charge >= 0.3 is 0 Å². The third-order valence-corrected chi connectivity index (χ3v) is 4.54. The summed E-state index contributed by atoms with van der Waals surface area (Å²) in [5.74, 6) is -0.498. The van der Waals surface area contributed by atoms with Crippen LogP contribution in [0.3, 0.4) is 0 Å². The first-order valence-corrected chi connectivity index (χ1v) is 7.07. The van der Waals surface area contributed by atoms with Crippen LogP contribution in [0.5, 0.6) is 11.6 Å². The van der Waals surface area contributed by atoms with Gasteiger partial charge in [0.1, 0.15) is 6.10 Å². The molecular weight excluding hydrogens is 306 g/mol. The van der Waals surface area contributed by atoms with Crippen LogP contribution in [-0.2, 0) is 25.4 Å². The van der Waals surface area contributed by atoms with Gasteiger partial charge in [-0.25, -0.2) is 4.98 Å². The quantitative estimate of drug-likeness (QED) is 0.745. The maximum Gasteiger partial charge on any atom is 0.259 e. The number of pyridine rings is 1. The molecule has 7 nitrogen and oxygen atoms in total. The molecule has 0 bridgehead atoms. The van der Waals surface area contributed by atoms with E-state index in [9.17, 15) is 15.0 Å². The van der Waals surface area contributed by atoms with Crippen molar-refractivity contribution in [3.8, 4) is 11.6 Å². The molecule has 2 N–H and O–H groups in total. The maximum atomic E-state index is 12.5. The predicted molar refractivity (Wildman–Crippen MR) is 77.0 cm³/mol. The molecule has 0 aliphatic carbocycles. The number of hydrogen-bond acceptors (Lipinski definition) is 5. The molecule has 116 valence electrons. The van der Waals surface area contributed by atoms with Gasteiger partial charge in [0.25, 0.3) is 5.56 Å². The number of aromatic nitrogens is 3. The van der Waals surface area contributed by atoms with Gasteiger partial charge in [-0.2, -0.15) is 0 Å². The summed E-state index contributed by atoms with van der Waals surface area (Å²) in [6.07, 6.45) is 0.817. The molecule has 0 fully saturated rings. The SMILES string of the molecule is Cc1[nH+]cc2c(c1O)C(c1c([O-])n(C)c(=S)n(C)c1=O)OC2. The fourth-order valence-electron chi connectivity index (χ4n) is 2.67. The number of H-pyrrole nitrogens is 1. The summed E-state index contributed by atoms with van der Waals surface area (Å²) < 4.78 is 8.21. The largest absolute Gasteiger partial charge is 0.860 e. The number of aromatic hydroxyl groups is 1. The summed E-state index contributed by atoms with van der Waals surface area (Å²) in [5.41, 5.74) is 1.18. The van der Waals surface area contributed by atoms with E-state index in [1.807, 2.05) is 0 Å². The summed E-state index contributed by atoms with van der Waals surface area (Å²) >= 11 is 5.06. The molecule has 2 aromatic rings. The van der Waals surface area contributed by atoms with Crippen LogP contribution in [0.1, 0.15) is 28.5 Å². The molecule has 1 atom stereocenters. The molecule has 8 heteroatoms. The van der Waals surface area contributed by atoms with E-state index in [-0.39, 0.29) is 22.7 Å². The molecule has 1 aliphatic heterocycles. The Morgan fingerprint density at radius 1 is 1.41 bits per heavy atom. The van der Waals surface area contributed by atoms with Crippen LogP contribution < -0.4 is 15.6 Å². The van der Waals surface area contributed by atoms with Crippen molar-refractivity contribution in [2.45, 2.75) is 19.6 Å². The first-order valence-electron chi connectivity index (χ1n) is 6.66. The van der Waals surface area contributed by atoms with Crippen molar-refractivity contribution in [3.05, 3.63) is 43.7 Å². The van der Waals surface area contributed by atoms with E-state index in [0.29, 0.717) is 11.3 Å². The first kappa shape index (κ1) is 14.7. The molecule has 3 heterocycles. The monoisotopic (exact) mass is 321 g/mol. The van der Waals surface area contributed by atoms with Crippen molar-refractivity contribution in [2.75, 3.05) is 0 Å². The summed E-state index contributed by atoms with van der Waals surface area (Å²) in [5, 5.41) is 22.7. The van der Waals surface area contributed by atoms with Crippen molar-refractivity contribution >= 4 is 12.2 Å². The minimum absolute atomic E-state index is 0.00607. The van der Waals surface area contributed by atoms with Gasteiger partial charge in [0, 0.05) is 26.6 Å². The highest BCUT2D eigenvalue weighted by atomic mass is 32.1. The van der Waals surface area contributed by atoms with Gasteiger partial charge in [-0.15, -0.1) is 0 Å². The second-order valence-corrected chi connectivity index (χ2v) is 5.68. The Labute approximate surface area is 131 Å². The molecule has 2 aromatic heterocycles. The van der Waals surface area contributed by atoms with Crippen LogP contribution in [-0.4, -0.2) is 14.2 Å². The zero-order valence-corrected chi connectivity index (χ0v) is 13.2. The summed E-state index contributed by atoms with van der Waals surface area (Å²) in [6.45, 7) is 1.92. The lowest BCUT2D eigenvalue weighted by molar-refractivity contribution is -0.389. The number of hydrogen-bond donors (Lipinski definition) is 1. The van der Waals surface area contributed by atoms with Crippen molar-refractivity contribution in [2.24, 2.45) is 14.1 Å². The molecule has 1 aliphatic rings. The third-order valence-electron chi connectivity index (χ3n) is 3.99. The Kier molecular flexibility index (Phi) is 3.30. The minimum Gasteiger partial charge on any atom is -0.860 e. The van der Waals surface area contributed by atoms with Gasteiger partial charge in [0.05, 0.1) is 17.7 Å². The van der Waals surface area contributed by atoms with E-state index in [0.717, 1.165) is 5.56 Å². The number of aryl methyl sites for hydroxylation is 1. The third kappa shape index (κ3) is 1.87. The fraction of sp³-hybridized carbons (Fsp3) is 0.357. The lowest BCUT2D eigenvalue weighted by atomic mass is 10.00. The highest BCUT2D eigenvalue weighted by Crippen LogP contribution is 2.41. The second kappa shape index (κ2) is 4.92. The molecule has 0 saturated heterocycles. The van der Waals surface area contributed by atoms with Gasteiger partial charge in [0.15, 0.2) is 16.7 Å². The van der Waals surface area contributed by atoms with Crippen molar-refractivity contribution in [3.63, 3.8) is 0 Å². The molecule has 0 aromatic carbocycles. The summed E-state index contributed by atoms with van der Waals surface area (Å²) in [4.78, 5) is 15.4. The van der Waals surface area contributed by atoms with Crippen LogP contribution in [0.4, 0.5) is 0 Å². The highest BCUT2D eigenvalue weighted by Gasteiger charge is 2.34. The zero-order valence-electron chi connectivity index (χ0n) is 12.3. The van der Waals surface area contributed by atoms with Gasteiger partial charge in [-0.05, 0) is 18.1 Å². The highest BCUT2D eigenvalue weighted by molar-refractivity contribution is 7.71. The lowest BCUT2D eigenvalue weighted by Gasteiger charge is -2.23. The van der Waals surface area contributed by atoms with E-state index < -0.39 is 17.5 Å². The van der Waals surface area contributed by atoms with Gasteiger partial charge in [-0.1, -0.05) is 0 Å². The topological polar surface area (TPSA) is 93.6 Å². The normalized spacial score (nSPS) is 16.8. The molecule has 1 unspecified atom stereocenters. The number of nitrogens with zero attached hydrogens (tertiary/aromatic N) is 2. The molecule has 0 amide bonds. The Balaban J connectivity index is 2.32. The minimum atomic E-state index is -0.892. The van der Waals surface area contributed by atoms with E-state index in [1.165, 1.54) is 23.2 Å². The van der Waals surface area contributed by atoms with E-state index in [2.05, 4.69) is 4.98 Å². The molecule has 0 spiro atoms. The van der Waals surface area contributed by atoms with Crippen LogP contribution in [0.2, 0.25) is 0 Å². The number of rotatable bonds is 1. The van der Waals surface area contributed by atoms with Gasteiger partial charge < -0.3 is 19.5 Å².